The van der Waals surface area contributed by atoms with Crippen LogP contribution in [-0.4, -0.2) is 5.11 Å². The molecule has 0 aliphatic rings. The van der Waals surface area contributed by atoms with Gasteiger partial charge in [0.1, 0.15) is 11.6 Å². The molecule has 0 radical (unpaired) electrons. The summed E-state index contributed by atoms with van der Waals surface area (Å²) in [5.41, 5.74) is 1.81. The smallest absolute Gasteiger partial charge is 0.142 e. The predicted molar refractivity (Wildman–Crippen MR) is 71.2 cm³/mol. The number of aliphatic hydroxyl groups excluding tert-OH is 1. The van der Waals surface area contributed by atoms with Gasteiger partial charge in [0.25, 0.3) is 0 Å². The van der Waals surface area contributed by atoms with Gasteiger partial charge in [-0.2, -0.15) is 0 Å². The molecular weight excluding hydrogens is 270 g/mol. The Balaban J connectivity index is 2.28. The van der Waals surface area contributed by atoms with Crippen molar-refractivity contribution in [3.8, 4) is 0 Å². The van der Waals surface area contributed by atoms with Crippen molar-refractivity contribution in [2.24, 2.45) is 0 Å². The van der Waals surface area contributed by atoms with Gasteiger partial charge >= 0.3 is 0 Å². The normalized spacial score (nSPS) is 12.5. The van der Waals surface area contributed by atoms with Crippen molar-refractivity contribution in [3.63, 3.8) is 0 Å². The van der Waals surface area contributed by atoms with E-state index in [1.807, 2.05) is 31.2 Å². The third kappa shape index (κ3) is 3.11. The highest BCUT2D eigenvalue weighted by molar-refractivity contribution is 6.30. The minimum absolute atomic E-state index is 0.0786. The Morgan fingerprint density at radius 2 is 1.84 bits per heavy atom. The zero-order valence-electron chi connectivity index (χ0n) is 10.3. The first-order chi connectivity index (χ1) is 8.99. The standard InChI is InChI=1S/C15H13ClF2O/c1-9-4-2-3-5-10(9)6-15(19)11-7-14(18)12(16)8-13(11)17/h2-5,7-8,15,19H,6H2,1H3. The van der Waals surface area contributed by atoms with Crippen LogP contribution in [-0.2, 0) is 6.42 Å². The first kappa shape index (κ1) is 14.0. The first-order valence-corrected chi connectivity index (χ1v) is 6.24. The van der Waals surface area contributed by atoms with Crippen LogP contribution < -0.4 is 0 Å². The molecule has 0 saturated carbocycles. The molecule has 4 heteroatoms. The van der Waals surface area contributed by atoms with Crippen molar-refractivity contribution in [1.29, 1.82) is 0 Å². The summed E-state index contributed by atoms with van der Waals surface area (Å²) in [7, 11) is 0. The molecule has 0 fully saturated rings. The lowest BCUT2D eigenvalue weighted by atomic mass is 9.98. The molecule has 0 aliphatic carbocycles. The van der Waals surface area contributed by atoms with Gasteiger partial charge in [0.2, 0.25) is 0 Å². The van der Waals surface area contributed by atoms with Crippen molar-refractivity contribution in [2.75, 3.05) is 0 Å². The lowest BCUT2D eigenvalue weighted by Gasteiger charge is -2.14. The zero-order valence-corrected chi connectivity index (χ0v) is 11.1. The molecule has 0 aromatic heterocycles. The van der Waals surface area contributed by atoms with Crippen LogP contribution in [0.5, 0.6) is 0 Å². The third-order valence-corrected chi connectivity index (χ3v) is 3.36. The van der Waals surface area contributed by atoms with Gasteiger partial charge in [-0.1, -0.05) is 35.9 Å². The van der Waals surface area contributed by atoms with Gasteiger partial charge in [-0.25, -0.2) is 8.78 Å². The van der Waals surface area contributed by atoms with Crippen molar-refractivity contribution >= 4 is 11.6 Å². The highest BCUT2D eigenvalue weighted by atomic mass is 35.5. The minimum Gasteiger partial charge on any atom is -0.388 e. The predicted octanol–water partition coefficient (Wildman–Crippen LogP) is 4.20. The summed E-state index contributed by atoms with van der Waals surface area (Å²) >= 11 is 5.48. The van der Waals surface area contributed by atoms with Gasteiger partial charge < -0.3 is 5.11 Å². The van der Waals surface area contributed by atoms with E-state index in [-0.39, 0.29) is 17.0 Å². The lowest BCUT2D eigenvalue weighted by molar-refractivity contribution is 0.173. The maximum Gasteiger partial charge on any atom is 0.142 e. The number of aryl methyl sites for hydroxylation is 1. The first-order valence-electron chi connectivity index (χ1n) is 5.86. The quantitative estimate of drug-likeness (QED) is 0.837. The maximum atomic E-state index is 13.7. The monoisotopic (exact) mass is 282 g/mol. The van der Waals surface area contributed by atoms with Crippen LogP contribution >= 0.6 is 11.6 Å². The Morgan fingerprint density at radius 1 is 1.16 bits per heavy atom. The number of hydrogen-bond donors (Lipinski definition) is 1. The number of halogens is 3. The largest absolute Gasteiger partial charge is 0.388 e. The zero-order chi connectivity index (χ0) is 14.0. The molecule has 1 atom stereocenters. The van der Waals surface area contributed by atoms with Gasteiger partial charge in [0, 0.05) is 12.0 Å². The van der Waals surface area contributed by atoms with Crippen LogP contribution in [0.1, 0.15) is 22.8 Å². The molecule has 0 bridgehead atoms. The molecule has 1 N–H and O–H groups in total. The van der Waals surface area contributed by atoms with Gasteiger partial charge in [-0.15, -0.1) is 0 Å². The molecule has 100 valence electrons. The summed E-state index contributed by atoms with van der Waals surface area (Å²) in [6, 6.07) is 9.30. The van der Waals surface area contributed by atoms with Crippen LogP contribution in [0.2, 0.25) is 5.02 Å². The Bertz CT molecular complexity index is 599. The minimum atomic E-state index is -1.10. The number of hydrogen-bond acceptors (Lipinski definition) is 1. The van der Waals surface area contributed by atoms with Crippen LogP contribution in [0.15, 0.2) is 36.4 Å². The molecule has 1 unspecified atom stereocenters. The fourth-order valence-corrected chi connectivity index (χ4v) is 2.10. The summed E-state index contributed by atoms with van der Waals surface area (Å²) in [5, 5.41) is 9.76. The van der Waals surface area contributed by atoms with E-state index in [1.54, 1.807) is 0 Å². The summed E-state index contributed by atoms with van der Waals surface area (Å²) in [5.74, 6) is -1.44. The summed E-state index contributed by atoms with van der Waals surface area (Å²) in [4.78, 5) is 0. The fourth-order valence-electron chi connectivity index (χ4n) is 1.95. The average molecular weight is 283 g/mol. The van der Waals surface area contributed by atoms with E-state index in [4.69, 9.17) is 11.6 Å². The van der Waals surface area contributed by atoms with E-state index in [0.29, 0.717) is 0 Å². The van der Waals surface area contributed by atoms with E-state index in [9.17, 15) is 13.9 Å². The molecule has 0 aliphatic heterocycles. The lowest BCUT2D eigenvalue weighted by Crippen LogP contribution is -2.06. The molecule has 0 heterocycles. The number of aliphatic hydroxyl groups is 1. The highest BCUT2D eigenvalue weighted by Crippen LogP contribution is 2.26. The highest BCUT2D eigenvalue weighted by Gasteiger charge is 2.17. The molecule has 1 nitrogen and oxygen atoms in total. The Labute approximate surface area is 115 Å². The van der Waals surface area contributed by atoms with E-state index < -0.39 is 17.7 Å². The number of rotatable bonds is 3. The van der Waals surface area contributed by atoms with Crippen LogP contribution in [0.3, 0.4) is 0 Å². The van der Waals surface area contributed by atoms with Gasteiger partial charge in [0.05, 0.1) is 11.1 Å². The van der Waals surface area contributed by atoms with Gasteiger partial charge in [-0.3, -0.25) is 0 Å². The molecule has 2 rings (SSSR count). The fraction of sp³-hybridized carbons (Fsp3) is 0.200. The molecule has 19 heavy (non-hydrogen) atoms. The summed E-state index contributed by atoms with van der Waals surface area (Å²) < 4.78 is 27.0. The SMILES string of the molecule is Cc1ccccc1CC(O)c1cc(F)c(Cl)cc1F. The molecule has 0 saturated heterocycles. The molecule has 2 aromatic carbocycles. The average Bonchev–Trinajstić information content (AvgIpc) is 2.36. The Hall–Kier alpha value is -1.45. The molecule has 2 aromatic rings. The molecule has 0 amide bonds. The second-order valence-electron chi connectivity index (χ2n) is 4.43. The topological polar surface area (TPSA) is 20.2 Å². The Kier molecular flexibility index (Phi) is 4.17. The summed E-state index contributed by atoms with van der Waals surface area (Å²) in [6.07, 6.45) is -0.877. The van der Waals surface area contributed by atoms with Crippen LogP contribution in [0.4, 0.5) is 8.78 Å². The van der Waals surface area contributed by atoms with E-state index in [1.165, 1.54) is 0 Å². The Morgan fingerprint density at radius 3 is 2.53 bits per heavy atom. The van der Waals surface area contributed by atoms with Crippen molar-refractivity contribution in [3.05, 3.63) is 69.7 Å². The molecular formula is C15H13ClF2O. The van der Waals surface area contributed by atoms with Crippen molar-refractivity contribution < 1.29 is 13.9 Å². The van der Waals surface area contributed by atoms with Crippen molar-refractivity contribution in [2.45, 2.75) is 19.4 Å². The second-order valence-corrected chi connectivity index (χ2v) is 4.84. The van der Waals surface area contributed by atoms with Gasteiger partial charge in [-0.05, 0) is 30.2 Å². The van der Waals surface area contributed by atoms with E-state index in [2.05, 4.69) is 0 Å². The maximum absolute atomic E-state index is 13.7. The number of benzene rings is 2. The van der Waals surface area contributed by atoms with E-state index >= 15 is 0 Å². The molecule has 0 spiro atoms. The second kappa shape index (κ2) is 5.68. The van der Waals surface area contributed by atoms with E-state index in [0.717, 1.165) is 23.3 Å². The third-order valence-electron chi connectivity index (χ3n) is 3.07. The van der Waals surface area contributed by atoms with Crippen LogP contribution in [0, 0.1) is 18.6 Å². The van der Waals surface area contributed by atoms with Gasteiger partial charge in [0.15, 0.2) is 0 Å². The van der Waals surface area contributed by atoms with Crippen LogP contribution in [0.25, 0.3) is 0 Å². The van der Waals surface area contributed by atoms with Crippen molar-refractivity contribution in [1.82, 2.24) is 0 Å². The summed E-state index contributed by atoms with van der Waals surface area (Å²) in [6.45, 7) is 1.90.